The molecule has 9 heteroatoms. The van der Waals surface area contributed by atoms with Crippen LogP contribution in [0.5, 0.6) is 5.75 Å². The Bertz CT molecular complexity index is 902. The molecule has 1 aliphatic rings. The lowest BCUT2D eigenvalue weighted by atomic mass is 9.99. The number of sulfonamides is 1. The van der Waals surface area contributed by atoms with E-state index >= 15 is 0 Å². The molecule has 1 fully saturated rings. The van der Waals surface area contributed by atoms with Crippen LogP contribution in [0.3, 0.4) is 0 Å². The first-order chi connectivity index (χ1) is 12.4. The summed E-state index contributed by atoms with van der Waals surface area (Å²) in [5.41, 5.74) is 0. The molecule has 0 unspecified atom stereocenters. The maximum Gasteiger partial charge on any atom is 0.243 e. The number of pyridine rings is 1. The van der Waals surface area contributed by atoms with Crippen LogP contribution in [0.2, 0.25) is 0 Å². The highest BCUT2D eigenvalue weighted by molar-refractivity contribution is 9.10. The molecule has 138 valence electrons. The van der Waals surface area contributed by atoms with E-state index in [1.807, 2.05) is 0 Å². The minimum atomic E-state index is -3.66. The van der Waals surface area contributed by atoms with Crippen molar-refractivity contribution in [2.24, 2.45) is 5.92 Å². The Morgan fingerprint density at radius 3 is 2.69 bits per heavy atom. The van der Waals surface area contributed by atoms with Gasteiger partial charge in [-0.05, 0) is 49.2 Å². The Balaban J connectivity index is 1.73. The molecule has 26 heavy (non-hydrogen) atoms. The zero-order valence-electron chi connectivity index (χ0n) is 13.8. The van der Waals surface area contributed by atoms with Gasteiger partial charge in [-0.3, -0.25) is 4.79 Å². The fourth-order valence-electron chi connectivity index (χ4n) is 2.84. The van der Waals surface area contributed by atoms with E-state index in [-0.39, 0.29) is 28.9 Å². The number of carbonyl (C=O) groups excluding carboxylic acids is 1. The van der Waals surface area contributed by atoms with Crippen molar-refractivity contribution in [2.45, 2.75) is 17.7 Å². The first-order valence-electron chi connectivity index (χ1n) is 8.08. The third kappa shape index (κ3) is 4.05. The molecule has 1 atom stereocenters. The number of carbonyl (C=O) groups is 1. The van der Waals surface area contributed by atoms with Gasteiger partial charge in [-0.2, -0.15) is 4.31 Å². The first-order valence-corrected chi connectivity index (χ1v) is 10.3. The standard InChI is InChI=1S/C17H18BrN3O4S/c18-13-5-7-14(8-6-13)26(24,25)21-10-2-3-12(11-21)17(23)20-16-15(22)4-1-9-19-16/h1,4-9,12,22H,2-3,10-11H2,(H,19,20,23)/t12-/m0/s1. The van der Waals surface area contributed by atoms with E-state index < -0.39 is 15.9 Å². The number of aromatic nitrogens is 1. The van der Waals surface area contributed by atoms with E-state index in [0.717, 1.165) is 4.47 Å². The van der Waals surface area contributed by atoms with Gasteiger partial charge in [0.15, 0.2) is 11.6 Å². The molecule has 3 rings (SSSR count). The largest absolute Gasteiger partial charge is 0.504 e. The van der Waals surface area contributed by atoms with Crippen molar-refractivity contribution in [3.63, 3.8) is 0 Å². The van der Waals surface area contributed by atoms with E-state index in [1.54, 1.807) is 18.2 Å². The number of aromatic hydroxyl groups is 1. The van der Waals surface area contributed by atoms with Crippen LogP contribution in [0.15, 0.2) is 52.0 Å². The van der Waals surface area contributed by atoms with E-state index in [4.69, 9.17) is 0 Å². The van der Waals surface area contributed by atoms with Crippen molar-refractivity contribution in [3.05, 3.63) is 47.1 Å². The molecule has 7 nitrogen and oxygen atoms in total. The molecule has 1 saturated heterocycles. The Morgan fingerprint density at radius 2 is 2.00 bits per heavy atom. The summed E-state index contributed by atoms with van der Waals surface area (Å²) < 4.78 is 27.7. The van der Waals surface area contributed by atoms with Crippen LogP contribution in [-0.2, 0) is 14.8 Å². The predicted octanol–water partition coefficient (Wildman–Crippen LogP) is 2.59. The number of rotatable bonds is 4. The van der Waals surface area contributed by atoms with Crippen LogP contribution >= 0.6 is 15.9 Å². The number of hydrogen-bond acceptors (Lipinski definition) is 5. The quantitative estimate of drug-likeness (QED) is 0.762. The van der Waals surface area contributed by atoms with Crippen LogP contribution in [0, 0.1) is 5.92 Å². The second-order valence-corrected chi connectivity index (χ2v) is 8.87. The van der Waals surface area contributed by atoms with Gasteiger partial charge in [0.05, 0.1) is 10.8 Å². The molecule has 2 heterocycles. The van der Waals surface area contributed by atoms with Crippen LogP contribution < -0.4 is 5.32 Å². The molecule has 0 radical (unpaired) electrons. The number of hydrogen-bond donors (Lipinski definition) is 2. The van der Waals surface area contributed by atoms with Crippen LogP contribution in [0.4, 0.5) is 5.82 Å². The van der Waals surface area contributed by atoms with Gasteiger partial charge in [0.2, 0.25) is 15.9 Å². The summed E-state index contributed by atoms with van der Waals surface area (Å²) >= 11 is 3.29. The maximum atomic E-state index is 12.8. The second-order valence-electron chi connectivity index (χ2n) is 6.02. The molecule has 0 aliphatic carbocycles. The van der Waals surface area contributed by atoms with Gasteiger partial charge < -0.3 is 10.4 Å². The summed E-state index contributed by atoms with van der Waals surface area (Å²) in [6.07, 6.45) is 2.62. The number of anilines is 1. The monoisotopic (exact) mass is 439 g/mol. The van der Waals surface area contributed by atoms with E-state index in [1.165, 1.54) is 28.7 Å². The van der Waals surface area contributed by atoms with E-state index in [9.17, 15) is 18.3 Å². The summed E-state index contributed by atoms with van der Waals surface area (Å²) in [5.74, 6) is -0.911. The van der Waals surface area contributed by atoms with Gasteiger partial charge in [0, 0.05) is 23.8 Å². The third-order valence-electron chi connectivity index (χ3n) is 4.23. The molecule has 1 amide bonds. The fraction of sp³-hybridized carbons (Fsp3) is 0.294. The molecule has 2 N–H and O–H groups in total. The van der Waals surface area contributed by atoms with Crippen molar-refractivity contribution in [2.75, 3.05) is 18.4 Å². The summed E-state index contributed by atoms with van der Waals surface area (Å²) in [7, 11) is -3.66. The number of nitrogens with zero attached hydrogens (tertiary/aromatic N) is 2. The lowest BCUT2D eigenvalue weighted by Crippen LogP contribution is -2.43. The zero-order valence-corrected chi connectivity index (χ0v) is 16.2. The average molecular weight is 440 g/mol. The summed E-state index contributed by atoms with van der Waals surface area (Å²) in [4.78, 5) is 16.6. The van der Waals surface area contributed by atoms with Crippen molar-refractivity contribution in [1.82, 2.24) is 9.29 Å². The Hall–Kier alpha value is -1.97. The summed E-state index contributed by atoms with van der Waals surface area (Å²) in [6.45, 7) is 0.467. The van der Waals surface area contributed by atoms with Crippen molar-refractivity contribution in [1.29, 1.82) is 0 Å². The molecule has 2 aromatic rings. The van der Waals surface area contributed by atoms with Crippen molar-refractivity contribution < 1.29 is 18.3 Å². The lowest BCUT2D eigenvalue weighted by molar-refractivity contribution is -0.120. The number of piperidine rings is 1. The first kappa shape index (κ1) is 18.8. The minimum absolute atomic E-state index is 0.0744. The highest BCUT2D eigenvalue weighted by Crippen LogP contribution is 2.26. The molecule has 1 aromatic heterocycles. The maximum absolute atomic E-state index is 12.8. The molecule has 0 saturated carbocycles. The molecule has 0 bridgehead atoms. The molecular weight excluding hydrogens is 422 g/mol. The molecule has 1 aliphatic heterocycles. The summed E-state index contributed by atoms with van der Waals surface area (Å²) in [5, 5.41) is 12.3. The smallest absolute Gasteiger partial charge is 0.243 e. The highest BCUT2D eigenvalue weighted by Gasteiger charge is 2.33. The van der Waals surface area contributed by atoms with Gasteiger partial charge in [0.25, 0.3) is 0 Å². The predicted molar refractivity (Wildman–Crippen MR) is 100 cm³/mol. The van der Waals surface area contributed by atoms with Crippen molar-refractivity contribution in [3.8, 4) is 5.75 Å². The van der Waals surface area contributed by atoms with Crippen LogP contribution in [0.1, 0.15) is 12.8 Å². The Morgan fingerprint density at radius 1 is 1.27 bits per heavy atom. The second kappa shape index (κ2) is 7.73. The molecule has 0 spiro atoms. The topological polar surface area (TPSA) is 99.6 Å². The number of benzene rings is 1. The van der Waals surface area contributed by atoms with E-state index in [0.29, 0.717) is 19.4 Å². The van der Waals surface area contributed by atoms with Crippen LogP contribution in [0.25, 0.3) is 0 Å². The zero-order chi connectivity index (χ0) is 18.7. The molecular formula is C17H18BrN3O4S. The van der Waals surface area contributed by atoms with Crippen molar-refractivity contribution >= 4 is 37.7 Å². The minimum Gasteiger partial charge on any atom is -0.504 e. The fourth-order valence-corrected chi connectivity index (χ4v) is 4.63. The van der Waals surface area contributed by atoms with Gasteiger partial charge >= 0.3 is 0 Å². The van der Waals surface area contributed by atoms with Gasteiger partial charge in [-0.1, -0.05) is 15.9 Å². The Kier molecular flexibility index (Phi) is 5.59. The van der Waals surface area contributed by atoms with E-state index in [2.05, 4.69) is 26.2 Å². The van der Waals surface area contributed by atoms with Gasteiger partial charge in [0.1, 0.15) is 0 Å². The average Bonchev–Trinajstić information content (AvgIpc) is 2.64. The third-order valence-corrected chi connectivity index (χ3v) is 6.64. The molecule has 1 aromatic carbocycles. The van der Waals surface area contributed by atoms with Gasteiger partial charge in [-0.15, -0.1) is 0 Å². The Labute approximate surface area is 160 Å². The number of halogens is 1. The number of nitrogens with one attached hydrogen (secondary N) is 1. The van der Waals surface area contributed by atoms with Gasteiger partial charge in [-0.25, -0.2) is 13.4 Å². The van der Waals surface area contributed by atoms with Crippen LogP contribution in [-0.4, -0.2) is 41.8 Å². The highest BCUT2D eigenvalue weighted by atomic mass is 79.9. The summed E-state index contributed by atoms with van der Waals surface area (Å²) in [6, 6.07) is 9.39. The number of amides is 1. The SMILES string of the molecule is O=C(Nc1ncccc1O)[C@H]1CCCN(S(=O)(=O)c2ccc(Br)cc2)C1. The lowest BCUT2D eigenvalue weighted by Gasteiger charge is -2.31. The normalized spacial score (nSPS) is 18.4.